The van der Waals surface area contributed by atoms with Crippen molar-refractivity contribution in [1.82, 2.24) is 5.32 Å². The van der Waals surface area contributed by atoms with Gasteiger partial charge in [-0.25, -0.2) is 0 Å². The molecule has 0 fully saturated rings. The molecule has 0 bridgehead atoms. The molecule has 0 spiro atoms. The smallest absolute Gasteiger partial charge is 0.251 e. The summed E-state index contributed by atoms with van der Waals surface area (Å²) in [5.41, 5.74) is 3.64. The Morgan fingerprint density at radius 1 is 0.875 bits per heavy atom. The Balaban J connectivity index is 2.18. The Bertz CT molecular complexity index is 695. The molecule has 2 aromatic carbocycles. The van der Waals surface area contributed by atoms with Crippen LogP contribution < -0.4 is 19.5 Å². The number of amides is 1. The summed E-state index contributed by atoms with van der Waals surface area (Å²) in [6.45, 7) is 4.31. The summed E-state index contributed by atoms with van der Waals surface area (Å²) in [6.07, 6.45) is 0. The van der Waals surface area contributed by atoms with Gasteiger partial charge < -0.3 is 19.5 Å². The van der Waals surface area contributed by atoms with E-state index in [4.69, 9.17) is 14.2 Å². The van der Waals surface area contributed by atoms with Gasteiger partial charge in [0, 0.05) is 12.1 Å². The van der Waals surface area contributed by atoms with Crippen molar-refractivity contribution in [1.29, 1.82) is 0 Å². The fourth-order valence-corrected chi connectivity index (χ4v) is 2.63. The first-order valence-corrected chi connectivity index (χ1v) is 7.64. The number of aryl methyl sites for hydroxylation is 2. The van der Waals surface area contributed by atoms with Crippen LogP contribution >= 0.6 is 0 Å². The van der Waals surface area contributed by atoms with E-state index in [9.17, 15) is 4.79 Å². The normalized spacial score (nSPS) is 10.2. The number of nitrogens with one attached hydrogen (secondary N) is 1. The lowest BCUT2D eigenvalue weighted by Gasteiger charge is -2.14. The molecule has 0 aliphatic carbocycles. The first-order chi connectivity index (χ1) is 11.5. The molecule has 2 aromatic rings. The summed E-state index contributed by atoms with van der Waals surface area (Å²) in [5.74, 6) is 1.54. The number of carbonyl (C=O) groups is 1. The third-order valence-corrected chi connectivity index (χ3v) is 3.66. The molecule has 24 heavy (non-hydrogen) atoms. The average molecular weight is 329 g/mol. The lowest BCUT2D eigenvalue weighted by Crippen LogP contribution is -2.23. The standard InChI is InChI=1S/C19H23NO4/c1-12-6-13(2)8-15(7-12)19(21)20-11-14-9-16(22-3)18(24-5)17(10-14)23-4/h6-10H,11H2,1-5H3,(H,20,21). The van der Waals surface area contributed by atoms with Crippen molar-refractivity contribution in [3.8, 4) is 17.2 Å². The largest absolute Gasteiger partial charge is 0.493 e. The second kappa shape index (κ2) is 7.73. The highest BCUT2D eigenvalue weighted by atomic mass is 16.5. The van der Waals surface area contributed by atoms with Gasteiger partial charge in [-0.3, -0.25) is 4.79 Å². The Morgan fingerprint density at radius 3 is 1.88 bits per heavy atom. The van der Waals surface area contributed by atoms with Crippen molar-refractivity contribution in [2.75, 3.05) is 21.3 Å². The molecular weight excluding hydrogens is 306 g/mol. The number of methoxy groups -OCH3 is 3. The van der Waals surface area contributed by atoms with E-state index in [0.717, 1.165) is 16.7 Å². The monoisotopic (exact) mass is 329 g/mol. The zero-order valence-electron chi connectivity index (χ0n) is 14.7. The molecule has 0 atom stereocenters. The van der Waals surface area contributed by atoms with Crippen molar-refractivity contribution in [3.05, 3.63) is 52.6 Å². The molecular formula is C19H23NO4. The van der Waals surface area contributed by atoms with Gasteiger partial charge in [0.15, 0.2) is 11.5 Å². The van der Waals surface area contributed by atoms with Gasteiger partial charge in [0.25, 0.3) is 5.91 Å². The molecule has 128 valence electrons. The van der Waals surface area contributed by atoms with Crippen molar-refractivity contribution < 1.29 is 19.0 Å². The van der Waals surface area contributed by atoms with Gasteiger partial charge in [-0.15, -0.1) is 0 Å². The highest BCUT2D eigenvalue weighted by Crippen LogP contribution is 2.38. The molecule has 0 unspecified atom stereocenters. The minimum absolute atomic E-state index is 0.115. The molecule has 0 aliphatic heterocycles. The first-order valence-electron chi connectivity index (χ1n) is 7.64. The predicted octanol–water partition coefficient (Wildman–Crippen LogP) is 3.26. The summed E-state index contributed by atoms with van der Waals surface area (Å²) in [7, 11) is 4.69. The molecule has 1 N–H and O–H groups in total. The first kappa shape index (κ1) is 17.7. The highest BCUT2D eigenvalue weighted by molar-refractivity contribution is 5.94. The van der Waals surface area contributed by atoms with Gasteiger partial charge in [-0.1, -0.05) is 17.2 Å². The van der Waals surface area contributed by atoms with Gasteiger partial charge in [-0.2, -0.15) is 0 Å². The van der Waals surface area contributed by atoms with Crippen LogP contribution in [0.3, 0.4) is 0 Å². The fourth-order valence-electron chi connectivity index (χ4n) is 2.63. The third-order valence-electron chi connectivity index (χ3n) is 3.66. The zero-order valence-corrected chi connectivity index (χ0v) is 14.7. The lowest BCUT2D eigenvalue weighted by atomic mass is 10.1. The van der Waals surface area contributed by atoms with E-state index in [2.05, 4.69) is 5.32 Å². The number of rotatable bonds is 6. The molecule has 2 rings (SSSR count). The molecule has 5 heteroatoms. The summed E-state index contributed by atoms with van der Waals surface area (Å²) < 4.78 is 15.9. The van der Waals surface area contributed by atoms with Crippen molar-refractivity contribution >= 4 is 5.91 Å². The van der Waals surface area contributed by atoms with Crippen LogP contribution in [0.2, 0.25) is 0 Å². The number of hydrogen-bond acceptors (Lipinski definition) is 4. The van der Waals surface area contributed by atoms with Gasteiger partial charge in [0.2, 0.25) is 5.75 Å². The summed E-state index contributed by atoms with van der Waals surface area (Å²) in [6, 6.07) is 9.43. The van der Waals surface area contributed by atoms with Crippen LogP contribution in [0.1, 0.15) is 27.0 Å². The average Bonchev–Trinajstić information content (AvgIpc) is 2.57. The SMILES string of the molecule is COc1cc(CNC(=O)c2cc(C)cc(C)c2)cc(OC)c1OC. The van der Waals surface area contributed by atoms with Crippen LogP contribution in [0, 0.1) is 13.8 Å². The van der Waals surface area contributed by atoms with E-state index in [1.807, 2.05) is 44.2 Å². The number of ether oxygens (including phenoxy) is 3. The van der Waals surface area contributed by atoms with Crippen molar-refractivity contribution in [2.45, 2.75) is 20.4 Å². The minimum atomic E-state index is -0.115. The predicted molar refractivity (Wildman–Crippen MR) is 93.2 cm³/mol. The van der Waals surface area contributed by atoms with Gasteiger partial charge in [-0.05, 0) is 43.7 Å². The van der Waals surface area contributed by atoms with Crippen LogP contribution in [-0.2, 0) is 6.54 Å². The quantitative estimate of drug-likeness (QED) is 0.884. The Morgan fingerprint density at radius 2 is 1.42 bits per heavy atom. The third kappa shape index (κ3) is 3.98. The molecule has 0 aliphatic rings. The van der Waals surface area contributed by atoms with E-state index in [0.29, 0.717) is 29.4 Å². The van der Waals surface area contributed by atoms with Crippen molar-refractivity contribution in [3.63, 3.8) is 0 Å². The van der Waals surface area contributed by atoms with Crippen LogP contribution in [0.25, 0.3) is 0 Å². The maximum absolute atomic E-state index is 12.4. The maximum Gasteiger partial charge on any atom is 0.251 e. The molecule has 0 heterocycles. The molecule has 0 aromatic heterocycles. The van der Waals surface area contributed by atoms with Gasteiger partial charge >= 0.3 is 0 Å². The van der Waals surface area contributed by atoms with Gasteiger partial charge in [0.1, 0.15) is 0 Å². The number of hydrogen-bond donors (Lipinski definition) is 1. The Kier molecular flexibility index (Phi) is 5.68. The lowest BCUT2D eigenvalue weighted by molar-refractivity contribution is 0.0950. The molecule has 5 nitrogen and oxygen atoms in total. The van der Waals surface area contributed by atoms with E-state index in [-0.39, 0.29) is 5.91 Å². The molecule has 1 amide bonds. The van der Waals surface area contributed by atoms with E-state index in [1.165, 1.54) is 0 Å². The van der Waals surface area contributed by atoms with E-state index < -0.39 is 0 Å². The van der Waals surface area contributed by atoms with Crippen LogP contribution in [0.5, 0.6) is 17.2 Å². The summed E-state index contributed by atoms with van der Waals surface area (Å²) in [5, 5.41) is 2.92. The van der Waals surface area contributed by atoms with Crippen molar-refractivity contribution in [2.24, 2.45) is 0 Å². The number of benzene rings is 2. The summed E-state index contributed by atoms with van der Waals surface area (Å²) >= 11 is 0. The van der Waals surface area contributed by atoms with Crippen LogP contribution in [0.4, 0.5) is 0 Å². The Labute approximate surface area is 142 Å². The maximum atomic E-state index is 12.4. The van der Waals surface area contributed by atoms with E-state index >= 15 is 0 Å². The topological polar surface area (TPSA) is 56.8 Å². The van der Waals surface area contributed by atoms with E-state index in [1.54, 1.807) is 21.3 Å². The fraction of sp³-hybridized carbons (Fsp3) is 0.316. The summed E-state index contributed by atoms with van der Waals surface area (Å²) in [4.78, 5) is 12.4. The van der Waals surface area contributed by atoms with Crippen LogP contribution in [0.15, 0.2) is 30.3 Å². The highest BCUT2D eigenvalue weighted by Gasteiger charge is 2.14. The second-order valence-electron chi connectivity index (χ2n) is 5.59. The minimum Gasteiger partial charge on any atom is -0.493 e. The Hall–Kier alpha value is -2.69. The second-order valence-corrected chi connectivity index (χ2v) is 5.59. The zero-order chi connectivity index (χ0) is 17.7. The van der Waals surface area contributed by atoms with Gasteiger partial charge in [0.05, 0.1) is 21.3 Å². The molecule has 0 saturated heterocycles. The van der Waals surface area contributed by atoms with Crippen LogP contribution in [-0.4, -0.2) is 27.2 Å². The molecule has 0 saturated carbocycles. The molecule has 0 radical (unpaired) electrons. The number of carbonyl (C=O) groups excluding carboxylic acids is 1.